The summed E-state index contributed by atoms with van der Waals surface area (Å²) >= 11 is 0. The maximum atomic E-state index is 11.8. The van der Waals surface area contributed by atoms with Crippen LogP contribution >= 0.6 is 0 Å². The summed E-state index contributed by atoms with van der Waals surface area (Å²) in [5, 5.41) is 8.66. The van der Waals surface area contributed by atoms with Crippen molar-refractivity contribution < 1.29 is 23.0 Å². The van der Waals surface area contributed by atoms with Gasteiger partial charge in [-0.25, -0.2) is 0 Å². The van der Waals surface area contributed by atoms with Gasteiger partial charge in [-0.2, -0.15) is 13.2 Å². The van der Waals surface area contributed by atoms with E-state index >= 15 is 0 Å². The number of methoxy groups -OCH3 is 1. The number of alkyl halides is 3. The first-order valence-electron chi connectivity index (χ1n) is 3.99. The Morgan fingerprint density at radius 2 is 1.77 bits per heavy atom. The Balaban J connectivity index is 3.90. The van der Waals surface area contributed by atoms with Gasteiger partial charge in [0, 0.05) is 7.11 Å². The third kappa shape index (κ3) is 5.10. The van der Waals surface area contributed by atoms with Gasteiger partial charge in [-0.1, -0.05) is 0 Å². The molecule has 5 heteroatoms. The van der Waals surface area contributed by atoms with Gasteiger partial charge in [-0.3, -0.25) is 0 Å². The topological polar surface area (TPSA) is 29.5 Å². The monoisotopic (exact) mass is 200 g/mol. The van der Waals surface area contributed by atoms with Crippen LogP contribution in [0.5, 0.6) is 0 Å². The molecule has 0 aromatic heterocycles. The van der Waals surface area contributed by atoms with Crippen molar-refractivity contribution in [1.29, 1.82) is 0 Å². The molecule has 0 saturated carbocycles. The molecule has 0 heterocycles. The molecule has 0 spiro atoms. The average molecular weight is 200 g/mol. The Morgan fingerprint density at radius 1 is 1.31 bits per heavy atom. The van der Waals surface area contributed by atoms with Gasteiger partial charge < -0.3 is 9.84 Å². The van der Waals surface area contributed by atoms with E-state index in [9.17, 15) is 13.2 Å². The lowest BCUT2D eigenvalue weighted by Crippen LogP contribution is -2.32. The van der Waals surface area contributed by atoms with E-state index in [2.05, 4.69) is 0 Å². The highest BCUT2D eigenvalue weighted by atomic mass is 19.4. The molecule has 1 N–H and O–H groups in total. The molecule has 80 valence electrons. The number of hydrogen-bond acceptors (Lipinski definition) is 2. The van der Waals surface area contributed by atoms with Crippen molar-refractivity contribution in [1.82, 2.24) is 0 Å². The first kappa shape index (κ1) is 12.7. The van der Waals surface area contributed by atoms with Gasteiger partial charge in [0.25, 0.3) is 0 Å². The van der Waals surface area contributed by atoms with Crippen LogP contribution in [0.4, 0.5) is 13.2 Å². The lowest BCUT2D eigenvalue weighted by atomic mass is 10.00. The Bertz CT molecular complexity index is 154. The molecule has 0 amide bonds. The summed E-state index contributed by atoms with van der Waals surface area (Å²) in [6, 6.07) is 0. The molecule has 0 bridgehead atoms. The van der Waals surface area contributed by atoms with Crippen molar-refractivity contribution in [2.45, 2.75) is 44.6 Å². The Hall–Kier alpha value is -0.290. The first-order chi connectivity index (χ1) is 5.69. The van der Waals surface area contributed by atoms with Crippen molar-refractivity contribution in [3.8, 4) is 0 Å². The molecular weight excluding hydrogens is 185 g/mol. The highest BCUT2D eigenvalue weighted by Gasteiger charge is 2.38. The zero-order valence-electron chi connectivity index (χ0n) is 7.98. The predicted octanol–water partition coefficient (Wildman–Crippen LogP) is 2.11. The Morgan fingerprint density at radius 3 is 2.08 bits per heavy atom. The lowest BCUT2D eigenvalue weighted by molar-refractivity contribution is -0.208. The molecule has 0 aliphatic rings. The molecule has 1 atom stereocenters. The number of rotatable bonds is 4. The quantitative estimate of drug-likeness (QED) is 0.753. The van der Waals surface area contributed by atoms with Crippen molar-refractivity contribution in [3.05, 3.63) is 0 Å². The normalized spacial score (nSPS) is 15.9. The fraction of sp³-hybridized carbons (Fsp3) is 1.00. The molecule has 0 unspecified atom stereocenters. The SMILES string of the molecule is COC(C)(C)CC[C@@H](O)C(F)(F)F. The van der Waals surface area contributed by atoms with Gasteiger partial charge in [-0.05, 0) is 26.7 Å². The van der Waals surface area contributed by atoms with Crippen LogP contribution in [0.1, 0.15) is 26.7 Å². The molecule has 0 aliphatic heterocycles. The minimum atomic E-state index is -4.52. The van der Waals surface area contributed by atoms with Crippen LogP contribution in [0.25, 0.3) is 0 Å². The minimum absolute atomic E-state index is 0.171. The van der Waals surface area contributed by atoms with Gasteiger partial charge >= 0.3 is 6.18 Å². The molecule has 0 saturated heterocycles. The molecule has 2 nitrogen and oxygen atoms in total. The van der Waals surface area contributed by atoms with E-state index in [1.165, 1.54) is 7.11 Å². The van der Waals surface area contributed by atoms with Crippen LogP contribution in [0, 0.1) is 0 Å². The highest BCUT2D eigenvalue weighted by Crippen LogP contribution is 2.26. The summed E-state index contributed by atoms with van der Waals surface area (Å²) in [6.07, 6.45) is -6.93. The van der Waals surface area contributed by atoms with Crippen molar-refractivity contribution >= 4 is 0 Å². The fourth-order valence-corrected chi connectivity index (χ4v) is 0.750. The zero-order valence-corrected chi connectivity index (χ0v) is 7.98. The molecule has 0 aliphatic carbocycles. The van der Waals surface area contributed by atoms with Gasteiger partial charge in [0.05, 0.1) is 5.60 Å². The largest absolute Gasteiger partial charge is 0.414 e. The number of halogens is 3. The molecule has 0 rings (SSSR count). The van der Waals surface area contributed by atoms with E-state index in [1.54, 1.807) is 13.8 Å². The van der Waals surface area contributed by atoms with E-state index in [-0.39, 0.29) is 12.8 Å². The second-order valence-electron chi connectivity index (χ2n) is 3.56. The minimum Gasteiger partial charge on any atom is -0.384 e. The second kappa shape index (κ2) is 4.28. The van der Waals surface area contributed by atoms with E-state index in [1.807, 2.05) is 0 Å². The van der Waals surface area contributed by atoms with Gasteiger partial charge in [0.1, 0.15) is 6.10 Å². The Kier molecular flexibility index (Phi) is 4.19. The highest BCUT2D eigenvalue weighted by molar-refractivity contribution is 4.73. The van der Waals surface area contributed by atoms with Crippen LogP contribution in [0.3, 0.4) is 0 Å². The predicted molar refractivity (Wildman–Crippen MR) is 42.4 cm³/mol. The third-order valence-electron chi connectivity index (χ3n) is 1.95. The standard InChI is InChI=1S/C8H15F3O2/c1-7(2,13-3)5-4-6(12)8(9,10)11/h6,12H,4-5H2,1-3H3/t6-/m1/s1. The summed E-state index contributed by atoms with van der Waals surface area (Å²) in [4.78, 5) is 0. The van der Waals surface area contributed by atoms with E-state index < -0.39 is 17.9 Å². The van der Waals surface area contributed by atoms with Crippen LogP contribution in [-0.4, -0.2) is 30.1 Å². The lowest BCUT2D eigenvalue weighted by Gasteiger charge is -2.24. The number of aliphatic hydroxyl groups excluding tert-OH is 1. The van der Waals surface area contributed by atoms with Crippen molar-refractivity contribution in [2.24, 2.45) is 0 Å². The van der Waals surface area contributed by atoms with Crippen LogP contribution < -0.4 is 0 Å². The van der Waals surface area contributed by atoms with Gasteiger partial charge in [0.2, 0.25) is 0 Å². The van der Waals surface area contributed by atoms with Gasteiger partial charge in [-0.15, -0.1) is 0 Å². The van der Waals surface area contributed by atoms with E-state index in [4.69, 9.17) is 9.84 Å². The molecule has 0 radical (unpaired) electrons. The summed E-state index contributed by atoms with van der Waals surface area (Å²) in [5.74, 6) is 0. The molecular formula is C8H15F3O2. The third-order valence-corrected chi connectivity index (χ3v) is 1.95. The summed E-state index contributed by atoms with van der Waals surface area (Å²) < 4.78 is 40.4. The smallest absolute Gasteiger partial charge is 0.384 e. The first-order valence-corrected chi connectivity index (χ1v) is 3.99. The molecule has 0 aromatic carbocycles. The summed E-state index contributed by atoms with van der Waals surface area (Å²) in [5.41, 5.74) is -0.619. The second-order valence-corrected chi connectivity index (χ2v) is 3.56. The van der Waals surface area contributed by atoms with E-state index in [0.29, 0.717) is 0 Å². The number of aliphatic hydroxyl groups is 1. The van der Waals surface area contributed by atoms with Crippen LogP contribution in [-0.2, 0) is 4.74 Å². The number of ether oxygens (including phenoxy) is 1. The Labute approximate surface area is 75.7 Å². The average Bonchev–Trinajstić information content (AvgIpc) is 1.98. The van der Waals surface area contributed by atoms with Gasteiger partial charge in [0.15, 0.2) is 0 Å². The molecule has 13 heavy (non-hydrogen) atoms. The summed E-state index contributed by atoms with van der Waals surface area (Å²) in [6.45, 7) is 3.35. The fourth-order valence-electron chi connectivity index (χ4n) is 0.750. The maximum Gasteiger partial charge on any atom is 0.414 e. The van der Waals surface area contributed by atoms with Crippen LogP contribution in [0.15, 0.2) is 0 Å². The molecule has 0 fully saturated rings. The van der Waals surface area contributed by atoms with Crippen molar-refractivity contribution in [2.75, 3.05) is 7.11 Å². The van der Waals surface area contributed by atoms with Crippen molar-refractivity contribution in [3.63, 3.8) is 0 Å². The number of hydrogen-bond donors (Lipinski definition) is 1. The van der Waals surface area contributed by atoms with Crippen LogP contribution in [0.2, 0.25) is 0 Å². The maximum absolute atomic E-state index is 11.8. The zero-order chi connectivity index (χ0) is 10.7. The summed E-state index contributed by atoms with van der Waals surface area (Å²) in [7, 11) is 1.43. The molecule has 0 aromatic rings. The van der Waals surface area contributed by atoms with E-state index in [0.717, 1.165) is 0 Å².